The quantitative estimate of drug-likeness (QED) is 0.105. The molecule has 0 spiro atoms. The molecule has 2 fully saturated rings. The monoisotopic (exact) mass is 865 g/mol. The zero-order valence-corrected chi connectivity index (χ0v) is 33.2. The first-order chi connectivity index (χ1) is 26.6. The molecule has 6 aromatic heterocycles. The number of hydrogen-bond acceptors (Lipinski definition) is 9. The van der Waals surface area contributed by atoms with Crippen molar-refractivity contribution in [3.63, 3.8) is 0 Å². The number of H-pyrrole nitrogens is 2. The van der Waals surface area contributed by atoms with E-state index >= 15 is 0 Å². The van der Waals surface area contributed by atoms with Crippen LogP contribution < -0.4 is 5.73 Å². The Kier molecular flexibility index (Phi) is 12.2. The Morgan fingerprint density at radius 1 is 0.719 bits per heavy atom. The molecule has 57 heavy (non-hydrogen) atoms. The first-order valence-electron chi connectivity index (χ1n) is 18.2. The number of nitrogens with one attached hydrogen (secondary N) is 2. The SMILES string of the molecule is CC1CC(N)CC1c1cnc2cnc3[nH]ccc3n12.C[C@@H]1C[C@H](CS(=O)(=O)CCC(F)(F)F)C[C@@H]1c1cnc2cnc3[nH]ccc3n12.O=S(=O)(Cl)CCC(F)(F)F. The minimum atomic E-state index is -4.46. The third-order valence-corrected chi connectivity index (χ3v) is 13.6. The average Bonchev–Trinajstić information content (AvgIpc) is 3.95. The van der Waals surface area contributed by atoms with E-state index in [9.17, 15) is 43.2 Å². The van der Waals surface area contributed by atoms with Crippen molar-refractivity contribution in [3.8, 4) is 0 Å². The van der Waals surface area contributed by atoms with Crippen LogP contribution >= 0.6 is 10.7 Å². The van der Waals surface area contributed by atoms with Crippen LogP contribution in [-0.2, 0) is 18.9 Å². The molecule has 2 saturated carbocycles. The summed E-state index contributed by atoms with van der Waals surface area (Å²) in [5.74, 6) is -0.824. The molecule has 0 saturated heterocycles. The largest absolute Gasteiger partial charge is 0.390 e. The zero-order chi connectivity index (χ0) is 41.5. The molecule has 6 atom stereocenters. The van der Waals surface area contributed by atoms with Crippen LogP contribution in [0.4, 0.5) is 26.3 Å². The van der Waals surface area contributed by atoms with Crippen LogP contribution in [0, 0.1) is 17.8 Å². The summed E-state index contributed by atoms with van der Waals surface area (Å²) in [5, 5.41) is 0. The number of aromatic amines is 2. The first-order valence-corrected chi connectivity index (χ1v) is 22.5. The third-order valence-electron chi connectivity index (χ3n) is 10.6. The first kappa shape index (κ1) is 42.7. The fraction of sp³-hybridized carbons (Fsp3) is 0.543. The fourth-order valence-corrected chi connectivity index (χ4v) is 10.5. The van der Waals surface area contributed by atoms with Gasteiger partial charge in [-0.25, -0.2) is 36.8 Å². The zero-order valence-electron chi connectivity index (χ0n) is 30.8. The number of fused-ring (bicyclic) bond motifs is 6. The van der Waals surface area contributed by atoms with Crippen LogP contribution in [0.1, 0.15) is 75.6 Å². The van der Waals surface area contributed by atoms with Crippen LogP contribution in [0.25, 0.3) is 33.6 Å². The topological polar surface area (TPSA) is 186 Å². The number of nitrogens with two attached hydrogens (primary N) is 1. The van der Waals surface area contributed by atoms with Crippen molar-refractivity contribution in [2.75, 3.05) is 17.3 Å². The van der Waals surface area contributed by atoms with Gasteiger partial charge in [-0.15, -0.1) is 0 Å². The van der Waals surface area contributed by atoms with Crippen molar-refractivity contribution in [3.05, 3.63) is 60.7 Å². The molecule has 0 radical (unpaired) electrons. The summed E-state index contributed by atoms with van der Waals surface area (Å²) in [5.41, 5.74) is 13.6. The predicted molar refractivity (Wildman–Crippen MR) is 203 cm³/mol. The minimum absolute atomic E-state index is 0.0957. The number of imidazole rings is 2. The predicted octanol–water partition coefficient (Wildman–Crippen LogP) is 7.27. The summed E-state index contributed by atoms with van der Waals surface area (Å²) < 4.78 is 119. The summed E-state index contributed by atoms with van der Waals surface area (Å²) in [4.78, 5) is 23.8. The van der Waals surface area contributed by atoms with Gasteiger partial charge in [0.25, 0.3) is 0 Å². The van der Waals surface area contributed by atoms with Gasteiger partial charge in [0.15, 0.2) is 32.4 Å². The normalized spacial score (nSPS) is 23.3. The van der Waals surface area contributed by atoms with Gasteiger partial charge in [0.1, 0.15) is 0 Å². The van der Waals surface area contributed by atoms with E-state index in [1.807, 2.05) is 29.1 Å². The molecule has 13 nitrogen and oxygen atoms in total. The lowest BCUT2D eigenvalue weighted by Gasteiger charge is -2.15. The van der Waals surface area contributed by atoms with Crippen molar-refractivity contribution >= 4 is 63.2 Å². The molecule has 8 rings (SSSR count). The number of nitrogens with zero attached hydrogens (tertiary/aromatic N) is 6. The Balaban J connectivity index is 0.000000163. The summed E-state index contributed by atoms with van der Waals surface area (Å²) in [6.07, 6.45) is 2.86. The van der Waals surface area contributed by atoms with E-state index in [2.05, 4.69) is 64.9 Å². The number of halogens is 7. The molecule has 0 amide bonds. The highest BCUT2D eigenvalue weighted by molar-refractivity contribution is 8.13. The maximum Gasteiger partial charge on any atom is 0.390 e. The van der Waals surface area contributed by atoms with E-state index in [1.54, 1.807) is 18.6 Å². The van der Waals surface area contributed by atoms with E-state index in [1.165, 1.54) is 5.69 Å². The summed E-state index contributed by atoms with van der Waals surface area (Å²) in [7, 11) is -3.23. The number of hydrogen-bond donors (Lipinski definition) is 3. The van der Waals surface area contributed by atoms with Crippen LogP contribution in [0.15, 0.2) is 49.3 Å². The van der Waals surface area contributed by atoms with Gasteiger partial charge in [0.05, 0.1) is 53.5 Å². The Hall–Kier alpha value is -3.95. The highest BCUT2D eigenvalue weighted by Gasteiger charge is 2.38. The fourth-order valence-electron chi connectivity index (χ4n) is 8.09. The molecule has 2 aliphatic carbocycles. The van der Waals surface area contributed by atoms with Gasteiger partial charge in [-0.2, -0.15) is 26.3 Å². The average molecular weight is 866 g/mol. The molecule has 3 unspecified atom stereocenters. The number of sulfone groups is 1. The van der Waals surface area contributed by atoms with Gasteiger partial charge in [0, 0.05) is 64.7 Å². The van der Waals surface area contributed by atoms with E-state index in [0.29, 0.717) is 30.7 Å². The number of rotatable bonds is 8. The van der Waals surface area contributed by atoms with E-state index in [4.69, 9.17) is 5.73 Å². The molecule has 22 heteroatoms. The van der Waals surface area contributed by atoms with Crippen molar-refractivity contribution in [2.24, 2.45) is 23.5 Å². The lowest BCUT2D eigenvalue weighted by Crippen LogP contribution is -2.21. The lowest BCUT2D eigenvalue weighted by molar-refractivity contribution is -0.130. The number of aromatic nitrogens is 8. The van der Waals surface area contributed by atoms with Crippen molar-refractivity contribution in [1.29, 1.82) is 0 Å². The lowest BCUT2D eigenvalue weighted by atomic mass is 9.95. The van der Waals surface area contributed by atoms with E-state index in [0.717, 1.165) is 52.2 Å². The molecule has 2 aliphatic rings. The molecular weight excluding hydrogens is 824 g/mol. The third kappa shape index (κ3) is 10.6. The Bertz CT molecular complexity index is 2550. The second-order valence-corrected chi connectivity index (χ2v) is 20.1. The van der Waals surface area contributed by atoms with Crippen LogP contribution in [-0.4, -0.2) is 91.2 Å². The van der Waals surface area contributed by atoms with Gasteiger partial charge in [-0.3, -0.25) is 8.80 Å². The van der Waals surface area contributed by atoms with Crippen molar-refractivity contribution in [1.82, 2.24) is 38.7 Å². The van der Waals surface area contributed by atoms with Crippen LogP contribution in [0.3, 0.4) is 0 Å². The maximum absolute atomic E-state index is 12.4. The Labute approximate surface area is 328 Å². The number of alkyl halides is 6. The van der Waals surface area contributed by atoms with Crippen molar-refractivity contribution < 1.29 is 43.2 Å². The van der Waals surface area contributed by atoms with Gasteiger partial charge in [0.2, 0.25) is 9.05 Å². The van der Waals surface area contributed by atoms with Crippen LogP contribution in [0.2, 0.25) is 0 Å². The summed E-state index contributed by atoms with van der Waals surface area (Å²) >= 11 is 0. The second-order valence-electron chi connectivity index (χ2n) is 15.0. The van der Waals surface area contributed by atoms with Gasteiger partial charge >= 0.3 is 12.4 Å². The second kappa shape index (κ2) is 16.4. The molecule has 0 aromatic carbocycles. The summed E-state index contributed by atoms with van der Waals surface area (Å²) in [6.45, 7) is 4.34. The summed E-state index contributed by atoms with van der Waals surface area (Å²) in [6, 6.07) is 4.29. The minimum Gasteiger partial charge on any atom is -0.345 e. The molecule has 0 aliphatic heterocycles. The van der Waals surface area contributed by atoms with Gasteiger partial charge in [-0.05, 0) is 55.6 Å². The highest BCUT2D eigenvalue weighted by atomic mass is 35.7. The maximum atomic E-state index is 12.4. The van der Waals surface area contributed by atoms with E-state index in [-0.39, 0.29) is 23.5 Å². The molecule has 312 valence electrons. The van der Waals surface area contributed by atoms with Crippen molar-refractivity contribution in [2.45, 2.75) is 82.6 Å². The van der Waals surface area contributed by atoms with Gasteiger partial charge in [-0.1, -0.05) is 13.8 Å². The van der Waals surface area contributed by atoms with Gasteiger partial charge < -0.3 is 15.7 Å². The Morgan fingerprint density at radius 2 is 1.19 bits per heavy atom. The smallest absolute Gasteiger partial charge is 0.345 e. The Morgan fingerprint density at radius 3 is 1.63 bits per heavy atom. The molecule has 4 N–H and O–H groups in total. The standard InChI is InChI=1S/C18H21F3N4O2S.C14H17N5.C3H4ClF3O2S/c1-11-6-12(10-28(26,27)5-3-18(19,20)21)7-13(11)15-8-23-16-9-24-17-14(25(15)16)2-4-22-17;1-8-4-9(15)5-10(8)12-6-17-13-7-18-14-11(19(12)13)2-3-16-14;4-10(8,9)2-1-3(5,6)7/h2,4,8-9,11-13,22H,3,5-7,10H2,1H3;2-3,6-10,16H,4-5,15H2,1H3;1-2H2/t11-,12+,13+;;/m1../s1. The molecule has 0 bridgehead atoms. The van der Waals surface area contributed by atoms with E-state index < -0.39 is 55.6 Å². The van der Waals surface area contributed by atoms with Crippen LogP contribution in [0.5, 0.6) is 0 Å². The molecule has 6 heterocycles. The highest BCUT2D eigenvalue weighted by Crippen LogP contribution is 2.44. The molecular formula is C35H42ClF6N9O4S2. The molecule has 6 aromatic rings.